The Hall–Kier alpha value is -3.41. The molecular weight excluding hydrogens is 340 g/mol. The molecule has 0 saturated heterocycles. The highest BCUT2D eigenvalue weighted by atomic mass is 16.5. The molecule has 136 valence electrons. The normalized spacial score (nSPS) is 15.3. The average molecular weight is 360 g/mol. The van der Waals surface area contributed by atoms with Crippen molar-refractivity contribution in [1.29, 1.82) is 0 Å². The first-order valence-corrected chi connectivity index (χ1v) is 8.82. The Balaban J connectivity index is 1.55. The second-order valence-corrected chi connectivity index (χ2v) is 6.49. The van der Waals surface area contributed by atoms with Gasteiger partial charge in [0.25, 0.3) is 5.91 Å². The number of ether oxygens (including phenoxy) is 1. The third-order valence-electron chi connectivity index (χ3n) is 4.68. The largest absolute Gasteiger partial charge is 0.495 e. The van der Waals surface area contributed by atoms with Crippen molar-refractivity contribution in [2.75, 3.05) is 17.3 Å². The summed E-state index contributed by atoms with van der Waals surface area (Å²) < 4.78 is 5.32. The van der Waals surface area contributed by atoms with E-state index in [9.17, 15) is 4.79 Å². The molecule has 6 nitrogen and oxygen atoms in total. The number of aromatic nitrogens is 2. The lowest BCUT2D eigenvalue weighted by Crippen LogP contribution is -2.36. The molecule has 6 heteroatoms. The van der Waals surface area contributed by atoms with Crippen molar-refractivity contribution in [2.45, 2.75) is 19.4 Å². The minimum absolute atomic E-state index is 0.100. The van der Waals surface area contributed by atoms with Crippen molar-refractivity contribution in [3.8, 4) is 5.75 Å². The van der Waals surface area contributed by atoms with Crippen LogP contribution in [0.3, 0.4) is 0 Å². The molecule has 3 aromatic rings. The Morgan fingerprint density at radius 2 is 1.85 bits per heavy atom. The zero-order valence-corrected chi connectivity index (χ0v) is 15.2. The second kappa shape index (κ2) is 7.07. The summed E-state index contributed by atoms with van der Waals surface area (Å²) in [4.78, 5) is 14.8. The highest BCUT2D eigenvalue weighted by molar-refractivity contribution is 6.06. The number of fused-ring (bicyclic) bond motifs is 1. The first-order chi connectivity index (χ1) is 13.2. The summed E-state index contributed by atoms with van der Waals surface area (Å²) in [6.45, 7) is 2.04. The number of amides is 1. The molecule has 0 fully saturated rings. The molecule has 1 atom stereocenters. The molecule has 1 N–H and O–H groups in total. The van der Waals surface area contributed by atoms with Crippen LogP contribution in [0.25, 0.3) is 0 Å². The van der Waals surface area contributed by atoms with Crippen molar-refractivity contribution < 1.29 is 9.53 Å². The minimum Gasteiger partial charge on any atom is -0.495 e. The number of benzene rings is 2. The maximum Gasteiger partial charge on any atom is 0.279 e. The Kier molecular flexibility index (Phi) is 4.46. The number of carbonyl (C=O) groups is 1. The van der Waals surface area contributed by atoms with E-state index in [-0.39, 0.29) is 11.9 Å². The fourth-order valence-corrected chi connectivity index (χ4v) is 3.40. The predicted molar refractivity (Wildman–Crippen MR) is 105 cm³/mol. The van der Waals surface area contributed by atoms with Crippen molar-refractivity contribution >= 4 is 23.1 Å². The summed E-state index contributed by atoms with van der Waals surface area (Å²) in [5, 5.41) is 11.5. The Morgan fingerprint density at radius 3 is 2.63 bits per heavy atom. The number of nitrogens with one attached hydrogen (secondary N) is 1. The van der Waals surface area contributed by atoms with E-state index in [1.807, 2.05) is 49.4 Å². The van der Waals surface area contributed by atoms with Gasteiger partial charge in [0.05, 0.1) is 12.8 Å². The van der Waals surface area contributed by atoms with Gasteiger partial charge in [-0.25, -0.2) is 0 Å². The quantitative estimate of drug-likeness (QED) is 0.766. The van der Waals surface area contributed by atoms with E-state index in [1.165, 1.54) is 5.56 Å². The van der Waals surface area contributed by atoms with Gasteiger partial charge in [-0.2, -0.15) is 0 Å². The number of rotatable bonds is 4. The summed E-state index contributed by atoms with van der Waals surface area (Å²) >= 11 is 0. The zero-order chi connectivity index (χ0) is 18.8. The van der Waals surface area contributed by atoms with E-state index >= 15 is 0 Å². The van der Waals surface area contributed by atoms with Gasteiger partial charge in [-0.1, -0.05) is 30.3 Å². The van der Waals surface area contributed by atoms with Crippen LogP contribution < -0.4 is 15.0 Å². The van der Waals surface area contributed by atoms with Crippen LogP contribution in [-0.2, 0) is 6.42 Å². The van der Waals surface area contributed by atoms with E-state index in [2.05, 4.69) is 21.6 Å². The van der Waals surface area contributed by atoms with Gasteiger partial charge in [0.15, 0.2) is 11.5 Å². The number of hydrogen-bond acceptors (Lipinski definition) is 5. The first kappa shape index (κ1) is 17.0. The maximum absolute atomic E-state index is 13.0. The highest BCUT2D eigenvalue weighted by Crippen LogP contribution is 2.33. The molecule has 0 spiro atoms. The fraction of sp³-hybridized carbons (Fsp3) is 0.190. The number of carbonyl (C=O) groups excluding carboxylic acids is 1. The molecule has 1 aromatic heterocycles. The first-order valence-electron chi connectivity index (χ1n) is 8.82. The van der Waals surface area contributed by atoms with Crippen LogP contribution in [0.1, 0.15) is 23.0 Å². The van der Waals surface area contributed by atoms with Gasteiger partial charge in [0.2, 0.25) is 0 Å². The van der Waals surface area contributed by atoms with Gasteiger partial charge < -0.3 is 15.0 Å². The van der Waals surface area contributed by atoms with Crippen molar-refractivity contribution in [2.24, 2.45) is 0 Å². The topological polar surface area (TPSA) is 67.3 Å². The molecule has 1 aliphatic heterocycles. The summed E-state index contributed by atoms with van der Waals surface area (Å²) in [7, 11) is 1.61. The van der Waals surface area contributed by atoms with Crippen LogP contribution >= 0.6 is 0 Å². The lowest BCUT2D eigenvalue weighted by molar-refractivity contribution is 0.0975. The molecule has 0 aliphatic carbocycles. The van der Waals surface area contributed by atoms with Crippen molar-refractivity contribution in [1.82, 2.24) is 10.2 Å². The summed E-state index contributed by atoms with van der Waals surface area (Å²) in [5.41, 5.74) is 3.24. The van der Waals surface area contributed by atoms with E-state index in [0.717, 1.165) is 17.8 Å². The average Bonchev–Trinajstić information content (AvgIpc) is 3.04. The lowest BCUT2D eigenvalue weighted by Gasteiger charge is -2.22. The third-order valence-corrected chi connectivity index (χ3v) is 4.68. The molecule has 1 aliphatic rings. The summed E-state index contributed by atoms with van der Waals surface area (Å²) in [6, 6.07) is 19.1. The molecule has 4 rings (SSSR count). The van der Waals surface area contributed by atoms with Gasteiger partial charge >= 0.3 is 0 Å². The number of hydrogen-bond donors (Lipinski definition) is 1. The Bertz CT molecular complexity index is 972. The van der Waals surface area contributed by atoms with E-state index < -0.39 is 0 Å². The monoisotopic (exact) mass is 360 g/mol. The summed E-state index contributed by atoms with van der Waals surface area (Å²) in [5.74, 6) is 1.12. The van der Waals surface area contributed by atoms with Crippen LogP contribution in [0.2, 0.25) is 0 Å². The standard InChI is InChI=1S/C21H20N4O2/c1-14-13-15-7-3-5-9-18(15)25(14)21(26)17-11-12-20(24-23-17)22-16-8-4-6-10-19(16)27-2/h3-12,14H,13H2,1-2H3,(H,22,24). The molecule has 2 heterocycles. The molecule has 0 radical (unpaired) electrons. The second-order valence-electron chi connectivity index (χ2n) is 6.49. The van der Waals surface area contributed by atoms with Gasteiger partial charge in [0.1, 0.15) is 5.75 Å². The van der Waals surface area contributed by atoms with Crippen molar-refractivity contribution in [3.05, 3.63) is 71.9 Å². The molecule has 2 aromatic carbocycles. The molecule has 1 unspecified atom stereocenters. The Morgan fingerprint density at radius 1 is 1.07 bits per heavy atom. The van der Waals surface area contributed by atoms with Crippen LogP contribution in [0, 0.1) is 0 Å². The van der Waals surface area contributed by atoms with Crippen LogP contribution in [0.4, 0.5) is 17.2 Å². The SMILES string of the molecule is COc1ccccc1Nc1ccc(C(=O)N2c3ccccc3CC2C)nn1. The molecular formula is C21H20N4O2. The van der Waals surface area contributed by atoms with E-state index in [4.69, 9.17) is 4.74 Å². The third kappa shape index (κ3) is 3.21. The van der Waals surface area contributed by atoms with Gasteiger partial charge in [-0.05, 0) is 49.2 Å². The fourth-order valence-electron chi connectivity index (χ4n) is 3.40. The zero-order valence-electron chi connectivity index (χ0n) is 15.2. The number of nitrogens with zero attached hydrogens (tertiary/aromatic N) is 3. The lowest BCUT2D eigenvalue weighted by atomic mass is 10.1. The smallest absolute Gasteiger partial charge is 0.279 e. The minimum atomic E-state index is -0.135. The number of para-hydroxylation sites is 3. The molecule has 0 saturated carbocycles. The van der Waals surface area contributed by atoms with Gasteiger partial charge in [-0.15, -0.1) is 10.2 Å². The Labute approximate surface area is 157 Å². The molecule has 1 amide bonds. The number of methoxy groups -OCH3 is 1. The summed E-state index contributed by atoms with van der Waals surface area (Å²) in [6.07, 6.45) is 0.850. The maximum atomic E-state index is 13.0. The molecule has 27 heavy (non-hydrogen) atoms. The van der Waals surface area contributed by atoms with Crippen molar-refractivity contribution in [3.63, 3.8) is 0 Å². The van der Waals surface area contributed by atoms with Crippen LogP contribution in [-0.4, -0.2) is 29.3 Å². The predicted octanol–water partition coefficient (Wildman–Crippen LogP) is 3.82. The molecule has 0 bridgehead atoms. The van der Waals surface area contributed by atoms with Gasteiger partial charge in [0, 0.05) is 11.7 Å². The van der Waals surface area contributed by atoms with Crippen LogP contribution in [0.5, 0.6) is 5.75 Å². The number of anilines is 3. The van der Waals surface area contributed by atoms with E-state index in [1.54, 1.807) is 24.1 Å². The highest BCUT2D eigenvalue weighted by Gasteiger charge is 2.31. The van der Waals surface area contributed by atoms with Crippen LogP contribution in [0.15, 0.2) is 60.7 Å². The van der Waals surface area contributed by atoms with E-state index in [0.29, 0.717) is 17.3 Å². The van der Waals surface area contributed by atoms with Gasteiger partial charge in [-0.3, -0.25) is 4.79 Å².